The molecule has 1 aromatic rings. The van der Waals surface area contributed by atoms with E-state index in [2.05, 4.69) is 40.1 Å². The van der Waals surface area contributed by atoms with Gasteiger partial charge in [0.05, 0.1) is 23.3 Å². The van der Waals surface area contributed by atoms with Crippen LogP contribution in [-0.4, -0.2) is 34.3 Å². The lowest BCUT2D eigenvalue weighted by Gasteiger charge is -2.24. The van der Waals surface area contributed by atoms with Gasteiger partial charge in [-0.05, 0) is 88.1 Å². The topological polar surface area (TPSA) is 62.2 Å². The number of hydrogen-bond donors (Lipinski definition) is 2. The molecule has 0 unspecified atom stereocenters. The summed E-state index contributed by atoms with van der Waals surface area (Å²) in [5, 5.41) is 7.49. The molecule has 0 spiro atoms. The molecule has 6 nitrogen and oxygen atoms in total. The van der Waals surface area contributed by atoms with Crippen molar-refractivity contribution in [3.8, 4) is 0 Å². The molecule has 2 heterocycles. The second kappa shape index (κ2) is 11.0. The van der Waals surface area contributed by atoms with E-state index in [-0.39, 0.29) is 6.03 Å². The van der Waals surface area contributed by atoms with Crippen LogP contribution in [0.3, 0.4) is 0 Å². The van der Waals surface area contributed by atoms with Crippen molar-refractivity contribution in [2.45, 2.75) is 84.2 Å². The van der Waals surface area contributed by atoms with Crippen LogP contribution in [0.2, 0.25) is 0 Å². The van der Waals surface area contributed by atoms with Crippen molar-refractivity contribution in [2.75, 3.05) is 13.6 Å². The van der Waals surface area contributed by atoms with Gasteiger partial charge >= 0.3 is 6.03 Å². The van der Waals surface area contributed by atoms with Gasteiger partial charge in [0.1, 0.15) is 0 Å². The predicted molar refractivity (Wildman–Crippen MR) is 129 cm³/mol. The Kier molecular flexibility index (Phi) is 8.43. The molecule has 2 N–H and O–H groups in total. The summed E-state index contributed by atoms with van der Waals surface area (Å²) in [6.45, 7) is 11.0. The first-order valence-corrected chi connectivity index (χ1v) is 12.4. The smallest absolute Gasteiger partial charge is 0.311 e. The molecule has 0 aromatic carbocycles. The van der Waals surface area contributed by atoms with Crippen LogP contribution in [0, 0.1) is 0 Å². The molecule has 2 amide bonds. The Morgan fingerprint density at radius 3 is 2.68 bits per heavy atom. The minimum absolute atomic E-state index is 0.174. The Morgan fingerprint density at radius 2 is 1.94 bits per heavy atom. The van der Waals surface area contributed by atoms with Crippen LogP contribution in [0.15, 0.2) is 45.2 Å². The number of nitrogens with zero attached hydrogens (tertiary/aromatic N) is 3. The number of urea groups is 1. The van der Waals surface area contributed by atoms with E-state index in [0.29, 0.717) is 0 Å². The molecule has 1 saturated carbocycles. The molecule has 170 valence electrons. The fourth-order valence-electron chi connectivity index (χ4n) is 4.48. The summed E-state index contributed by atoms with van der Waals surface area (Å²) in [4.78, 5) is 15.8. The lowest BCUT2D eigenvalue weighted by Crippen LogP contribution is -2.32. The van der Waals surface area contributed by atoms with Crippen LogP contribution in [0.4, 0.5) is 4.79 Å². The van der Waals surface area contributed by atoms with Gasteiger partial charge < -0.3 is 5.32 Å². The van der Waals surface area contributed by atoms with Crippen LogP contribution < -0.4 is 10.0 Å². The molecule has 7 heteroatoms. The van der Waals surface area contributed by atoms with Gasteiger partial charge in [0.15, 0.2) is 0 Å². The highest BCUT2D eigenvalue weighted by atomic mass is 32.2. The molecule has 4 rings (SSSR count). The Labute approximate surface area is 191 Å². The van der Waals surface area contributed by atoms with Gasteiger partial charge in [-0.25, -0.2) is 4.79 Å². The second-order valence-electron chi connectivity index (χ2n) is 8.36. The maximum atomic E-state index is 12.5. The molecule has 31 heavy (non-hydrogen) atoms. The van der Waals surface area contributed by atoms with Gasteiger partial charge in [0.25, 0.3) is 0 Å². The average Bonchev–Trinajstić information content (AvgIpc) is 3.49. The number of nitrogens with one attached hydrogen (secondary N) is 2. The summed E-state index contributed by atoms with van der Waals surface area (Å²) in [5.41, 5.74) is 7.88. The molecule has 3 aliphatic rings. The quantitative estimate of drug-likeness (QED) is 0.599. The van der Waals surface area contributed by atoms with Gasteiger partial charge in [-0.2, -0.15) is 5.10 Å². The van der Waals surface area contributed by atoms with Crippen molar-refractivity contribution in [1.29, 1.82) is 0 Å². The zero-order valence-corrected chi connectivity index (χ0v) is 20.5. The first-order valence-electron chi connectivity index (χ1n) is 11.6. The summed E-state index contributed by atoms with van der Waals surface area (Å²) in [6, 6.07) is -0.174. The first-order chi connectivity index (χ1) is 15.0. The number of carbonyl (C=O) groups excluding carboxylic acids is 1. The molecule has 0 radical (unpaired) electrons. The fourth-order valence-corrected chi connectivity index (χ4v) is 5.12. The number of rotatable bonds is 4. The Morgan fingerprint density at radius 1 is 1.16 bits per heavy atom. The number of fused-ring (bicyclic) bond motifs is 1. The second-order valence-corrected chi connectivity index (χ2v) is 9.21. The molecule has 1 fully saturated rings. The van der Waals surface area contributed by atoms with Crippen LogP contribution in [0.25, 0.3) is 0 Å². The molecular formula is C24H37N5OS. The fraction of sp³-hybridized carbons (Fsp3) is 0.583. The Balaban J connectivity index is 0.00000132. The van der Waals surface area contributed by atoms with Crippen molar-refractivity contribution in [3.05, 3.63) is 46.0 Å². The molecule has 1 aromatic heterocycles. The van der Waals surface area contributed by atoms with Gasteiger partial charge in [-0.1, -0.05) is 25.5 Å². The van der Waals surface area contributed by atoms with Gasteiger partial charge in [-0.15, -0.1) is 0 Å². The van der Waals surface area contributed by atoms with E-state index in [0.717, 1.165) is 43.1 Å². The standard InChI is InChI=1S/C22H31N5OS.C2H6/c1-15-6-4-7-17(15)12-18-8-5-9-19(18)16(2)24-22(28)25-29-21-13-23-27-11-10-26(3)14-20(21)27;1-2/h12-13H,4-11,14H2,1-3H3,(H2,24,25,28);1-2H3/b18-12-,19-16+;. The molecule has 0 bridgehead atoms. The number of hydrogen-bond acceptors (Lipinski definition) is 4. The Bertz CT molecular complexity index is 896. The van der Waals surface area contributed by atoms with Gasteiger partial charge in [0.2, 0.25) is 0 Å². The van der Waals surface area contributed by atoms with Crippen molar-refractivity contribution < 1.29 is 4.79 Å². The summed E-state index contributed by atoms with van der Waals surface area (Å²) >= 11 is 1.35. The molecule has 1 aliphatic heterocycles. The van der Waals surface area contributed by atoms with Crippen LogP contribution >= 0.6 is 11.9 Å². The van der Waals surface area contributed by atoms with Crippen LogP contribution in [0.5, 0.6) is 0 Å². The zero-order chi connectivity index (χ0) is 22.4. The molecular weight excluding hydrogens is 406 g/mol. The lowest BCUT2D eigenvalue weighted by atomic mass is 10.0. The van der Waals surface area contributed by atoms with E-state index in [1.54, 1.807) is 0 Å². The normalized spacial score (nSPS) is 21.6. The Hall–Kier alpha value is -1.99. The minimum Gasteiger partial charge on any atom is -0.311 e. The predicted octanol–water partition coefficient (Wildman–Crippen LogP) is 5.55. The van der Waals surface area contributed by atoms with Crippen molar-refractivity contribution in [2.24, 2.45) is 0 Å². The number of likely N-dealkylation sites (N-methyl/N-ethyl adjacent to an activating group) is 1. The van der Waals surface area contributed by atoms with E-state index in [1.165, 1.54) is 65.6 Å². The third-order valence-corrected chi connectivity index (χ3v) is 7.03. The highest BCUT2D eigenvalue weighted by Crippen LogP contribution is 2.36. The molecule has 0 atom stereocenters. The third-order valence-electron chi connectivity index (χ3n) is 6.19. The highest BCUT2D eigenvalue weighted by molar-refractivity contribution is 7.98. The monoisotopic (exact) mass is 443 g/mol. The minimum atomic E-state index is -0.174. The summed E-state index contributed by atoms with van der Waals surface area (Å²) in [5.74, 6) is 0. The maximum absolute atomic E-state index is 12.5. The largest absolute Gasteiger partial charge is 0.329 e. The van der Waals surface area contributed by atoms with E-state index < -0.39 is 0 Å². The molecule has 2 aliphatic carbocycles. The SMILES string of the molecule is CC.CC1=C(/C=C2/CCC/C2=C(/C)NC(=O)NSc2cnn3c2CN(C)CC3)CCC1. The van der Waals surface area contributed by atoms with Crippen molar-refractivity contribution >= 4 is 18.0 Å². The van der Waals surface area contributed by atoms with E-state index in [9.17, 15) is 4.79 Å². The zero-order valence-electron chi connectivity index (χ0n) is 19.7. The van der Waals surface area contributed by atoms with Crippen molar-refractivity contribution in [3.63, 3.8) is 0 Å². The molecule has 0 saturated heterocycles. The van der Waals surface area contributed by atoms with Gasteiger partial charge in [0, 0.05) is 18.8 Å². The summed E-state index contributed by atoms with van der Waals surface area (Å²) in [7, 11) is 2.11. The van der Waals surface area contributed by atoms with Gasteiger partial charge in [-0.3, -0.25) is 14.3 Å². The average molecular weight is 444 g/mol. The van der Waals surface area contributed by atoms with Crippen LogP contribution in [-0.2, 0) is 13.1 Å². The van der Waals surface area contributed by atoms with E-state index in [4.69, 9.17) is 0 Å². The number of aromatic nitrogens is 2. The van der Waals surface area contributed by atoms with Crippen LogP contribution in [0.1, 0.15) is 71.9 Å². The highest BCUT2D eigenvalue weighted by Gasteiger charge is 2.21. The number of amides is 2. The lowest BCUT2D eigenvalue weighted by molar-refractivity contribution is 0.248. The summed E-state index contributed by atoms with van der Waals surface area (Å²) < 4.78 is 4.96. The van der Waals surface area contributed by atoms with E-state index >= 15 is 0 Å². The maximum Gasteiger partial charge on any atom is 0.329 e. The number of allylic oxidation sites excluding steroid dienone is 6. The van der Waals surface area contributed by atoms with Crippen molar-refractivity contribution in [1.82, 2.24) is 24.7 Å². The third kappa shape index (κ3) is 5.83. The summed E-state index contributed by atoms with van der Waals surface area (Å²) in [6.07, 6.45) is 11.2. The van der Waals surface area contributed by atoms with E-state index in [1.807, 2.05) is 31.6 Å². The number of carbonyl (C=O) groups is 1. The first kappa shape index (κ1) is 23.7.